The Morgan fingerprint density at radius 3 is 2.77 bits per heavy atom. The summed E-state index contributed by atoms with van der Waals surface area (Å²) in [5.41, 5.74) is 3.11. The molecular formula is C8H11N3OS. The Morgan fingerprint density at radius 1 is 1.46 bits per heavy atom. The van der Waals surface area contributed by atoms with E-state index < -0.39 is 0 Å². The number of para-hydroxylation sites is 2. The summed E-state index contributed by atoms with van der Waals surface area (Å²) in [5.74, 6) is 5.84. The third kappa shape index (κ3) is 2.57. The Bertz CT molecular complexity index is 303. The molecule has 0 amide bonds. The fourth-order valence-electron chi connectivity index (χ4n) is 0.906. The average Bonchev–Trinajstić information content (AvgIpc) is 2.18. The number of benzene rings is 1. The molecule has 0 fully saturated rings. The van der Waals surface area contributed by atoms with E-state index in [2.05, 4.69) is 10.7 Å². The Hall–Kier alpha value is -1.33. The fourth-order valence-corrected chi connectivity index (χ4v) is 1.02. The van der Waals surface area contributed by atoms with Gasteiger partial charge in [0.25, 0.3) is 0 Å². The third-order valence-corrected chi connectivity index (χ3v) is 1.71. The summed E-state index contributed by atoms with van der Waals surface area (Å²) >= 11 is 4.84. The predicted molar refractivity (Wildman–Crippen MR) is 56.5 cm³/mol. The first-order valence-corrected chi connectivity index (χ1v) is 4.09. The zero-order chi connectivity index (χ0) is 9.68. The maximum absolute atomic E-state index is 5.12. The van der Waals surface area contributed by atoms with Crippen molar-refractivity contribution in [3.05, 3.63) is 24.3 Å². The first-order valence-electron chi connectivity index (χ1n) is 3.68. The van der Waals surface area contributed by atoms with Gasteiger partial charge >= 0.3 is 0 Å². The molecule has 0 saturated carbocycles. The summed E-state index contributed by atoms with van der Waals surface area (Å²) < 4.78 is 5.10. The van der Waals surface area contributed by atoms with Gasteiger partial charge in [-0.05, 0) is 24.4 Å². The number of nitrogens with two attached hydrogens (primary N) is 1. The van der Waals surface area contributed by atoms with Crippen molar-refractivity contribution in [1.82, 2.24) is 5.43 Å². The first kappa shape index (κ1) is 9.76. The Balaban J connectivity index is 2.81. The number of anilines is 1. The van der Waals surface area contributed by atoms with Crippen molar-refractivity contribution in [2.75, 3.05) is 12.4 Å². The molecule has 0 aliphatic rings. The molecule has 0 bridgehead atoms. The van der Waals surface area contributed by atoms with Crippen molar-refractivity contribution in [3.63, 3.8) is 0 Å². The highest BCUT2D eigenvalue weighted by Crippen LogP contribution is 2.22. The van der Waals surface area contributed by atoms with Gasteiger partial charge in [0.1, 0.15) is 5.75 Å². The summed E-state index contributed by atoms with van der Waals surface area (Å²) in [5, 5.41) is 3.23. The lowest BCUT2D eigenvalue weighted by molar-refractivity contribution is 0.417. The molecular weight excluding hydrogens is 186 g/mol. The van der Waals surface area contributed by atoms with E-state index >= 15 is 0 Å². The van der Waals surface area contributed by atoms with Crippen LogP contribution in [-0.4, -0.2) is 12.2 Å². The summed E-state index contributed by atoms with van der Waals surface area (Å²) in [7, 11) is 1.60. The van der Waals surface area contributed by atoms with E-state index in [0.29, 0.717) is 5.11 Å². The zero-order valence-corrected chi connectivity index (χ0v) is 8.02. The molecule has 0 aromatic heterocycles. The second kappa shape index (κ2) is 4.64. The molecule has 0 radical (unpaired) electrons. The Kier molecular flexibility index (Phi) is 3.48. The molecule has 1 rings (SSSR count). The quantitative estimate of drug-likeness (QED) is 0.373. The van der Waals surface area contributed by atoms with Gasteiger partial charge in [-0.2, -0.15) is 0 Å². The molecule has 0 heterocycles. The highest BCUT2D eigenvalue weighted by Gasteiger charge is 2.01. The monoisotopic (exact) mass is 197 g/mol. The van der Waals surface area contributed by atoms with Gasteiger partial charge < -0.3 is 15.5 Å². The SMILES string of the molecule is COc1ccccc1NC(=S)NN. The van der Waals surface area contributed by atoms with Crippen LogP contribution in [0.15, 0.2) is 24.3 Å². The van der Waals surface area contributed by atoms with Crippen molar-refractivity contribution in [3.8, 4) is 5.75 Å². The highest BCUT2D eigenvalue weighted by atomic mass is 32.1. The first-order chi connectivity index (χ1) is 6.27. The van der Waals surface area contributed by atoms with E-state index in [1.165, 1.54) is 0 Å². The average molecular weight is 197 g/mol. The van der Waals surface area contributed by atoms with Gasteiger partial charge in [0.05, 0.1) is 12.8 Å². The van der Waals surface area contributed by atoms with Crippen LogP contribution in [0.2, 0.25) is 0 Å². The molecule has 5 heteroatoms. The van der Waals surface area contributed by atoms with E-state index in [1.807, 2.05) is 24.3 Å². The molecule has 1 aromatic carbocycles. The van der Waals surface area contributed by atoms with Gasteiger partial charge in [-0.15, -0.1) is 0 Å². The lowest BCUT2D eigenvalue weighted by atomic mass is 10.3. The van der Waals surface area contributed by atoms with Gasteiger partial charge in [-0.25, -0.2) is 5.84 Å². The molecule has 4 nitrogen and oxygen atoms in total. The summed E-state index contributed by atoms with van der Waals surface area (Å²) in [6.45, 7) is 0. The number of methoxy groups -OCH3 is 1. The predicted octanol–water partition coefficient (Wildman–Crippen LogP) is 0.855. The number of rotatable bonds is 2. The minimum atomic E-state index is 0.351. The molecule has 0 atom stereocenters. The third-order valence-electron chi connectivity index (χ3n) is 1.49. The summed E-state index contributed by atoms with van der Waals surface area (Å²) in [6, 6.07) is 7.44. The maximum atomic E-state index is 5.12. The number of ether oxygens (including phenoxy) is 1. The van der Waals surface area contributed by atoms with Crippen molar-refractivity contribution in [2.45, 2.75) is 0 Å². The van der Waals surface area contributed by atoms with Crippen molar-refractivity contribution in [1.29, 1.82) is 0 Å². The van der Waals surface area contributed by atoms with Crippen LogP contribution in [0, 0.1) is 0 Å². The van der Waals surface area contributed by atoms with Crippen LogP contribution in [0.1, 0.15) is 0 Å². The van der Waals surface area contributed by atoms with Gasteiger partial charge in [-0.1, -0.05) is 12.1 Å². The van der Waals surface area contributed by atoms with Crippen LogP contribution in [0.5, 0.6) is 5.75 Å². The molecule has 70 valence electrons. The smallest absolute Gasteiger partial charge is 0.185 e. The normalized spacial score (nSPS) is 9.08. The van der Waals surface area contributed by atoms with Crippen LogP contribution < -0.4 is 21.3 Å². The van der Waals surface area contributed by atoms with E-state index in [1.54, 1.807) is 7.11 Å². The standard InChI is InChI=1S/C8H11N3OS/c1-12-7-5-3-2-4-6(7)10-8(13)11-9/h2-5H,9H2,1H3,(H2,10,11,13). The van der Waals surface area contributed by atoms with Crippen LogP contribution in [0.4, 0.5) is 5.69 Å². The molecule has 1 aromatic rings. The maximum Gasteiger partial charge on any atom is 0.185 e. The lowest BCUT2D eigenvalue weighted by Gasteiger charge is -2.10. The van der Waals surface area contributed by atoms with E-state index in [4.69, 9.17) is 22.8 Å². The van der Waals surface area contributed by atoms with Crippen LogP contribution in [0.25, 0.3) is 0 Å². The Labute approximate surface area is 82.0 Å². The van der Waals surface area contributed by atoms with E-state index in [0.717, 1.165) is 11.4 Å². The van der Waals surface area contributed by atoms with Gasteiger partial charge in [0.2, 0.25) is 0 Å². The van der Waals surface area contributed by atoms with Crippen molar-refractivity contribution in [2.24, 2.45) is 5.84 Å². The largest absolute Gasteiger partial charge is 0.495 e. The second-order valence-electron chi connectivity index (χ2n) is 2.30. The number of thiocarbonyl (C=S) groups is 1. The molecule has 0 saturated heterocycles. The van der Waals surface area contributed by atoms with E-state index in [-0.39, 0.29) is 0 Å². The van der Waals surface area contributed by atoms with Crippen molar-refractivity contribution >= 4 is 23.0 Å². The lowest BCUT2D eigenvalue weighted by Crippen LogP contribution is -2.34. The van der Waals surface area contributed by atoms with Crippen LogP contribution in [0.3, 0.4) is 0 Å². The molecule has 0 unspecified atom stereocenters. The highest BCUT2D eigenvalue weighted by molar-refractivity contribution is 7.80. The topological polar surface area (TPSA) is 59.3 Å². The summed E-state index contributed by atoms with van der Waals surface area (Å²) in [4.78, 5) is 0. The van der Waals surface area contributed by atoms with Gasteiger partial charge in [0, 0.05) is 0 Å². The van der Waals surface area contributed by atoms with Gasteiger partial charge in [0.15, 0.2) is 5.11 Å². The minimum absolute atomic E-state index is 0.351. The minimum Gasteiger partial charge on any atom is -0.495 e. The molecule has 0 aliphatic heterocycles. The summed E-state index contributed by atoms with van der Waals surface area (Å²) in [6.07, 6.45) is 0. The number of nitrogens with one attached hydrogen (secondary N) is 2. The van der Waals surface area contributed by atoms with Crippen LogP contribution in [-0.2, 0) is 0 Å². The number of hydrogen-bond donors (Lipinski definition) is 3. The Morgan fingerprint density at radius 2 is 2.15 bits per heavy atom. The molecule has 13 heavy (non-hydrogen) atoms. The van der Waals surface area contributed by atoms with Crippen molar-refractivity contribution < 1.29 is 4.74 Å². The second-order valence-corrected chi connectivity index (χ2v) is 2.71. The molecule has 0 aliphatic carbocycles. The molecule has 0 spiro atoms. The van der Waals surface area contributed by atoms with Crippen LogP contribution >= 0.6 is 12.2 Å². The fraction of sp³-hybridized carbons (Fsp3) is 0.125. The number of hydrogen-bond acceptors (Lipinski definition) is 3. The van der Waals surface area contributed by atoms with Gasteiger partial charge in [-0.3, -0.25) is 0 Å². The zero-order valence-electron chi connectivity index (χ0n) is 7.20. The number of hydrazine groups is 1. The van der Waals surface area contributed by atoms with E-state index in [9.17, 15) is 0 Å². The molecule has 4 N–H and O–H groups in total.